The lowest BCUT2D eigenvalue weighted by molar-refractivity contribution is -0.114. The fraction of sp³-hybridized carbons (Fsp3) is 0.200. The maximum absolute atomic E-state index is 10.7. The van der Waals surface area contributed by atoms with Crippen LogP contribution >= 0.6 is 0 Å². The third-order valence-electron chi connectivity index (χ3n) is 1.38. The number of hydrogen-bond donors (Lipinski definition) is 2. The number of aliphatic hydroxyl groups excluding tert-OH is 1. The van der Waals surface area contributed by atoms with Gasteiger partial charge < -0.3 is 10.4 Å². The van der Waals surface area contributed by atoms with E-state index in [1.54, 1.807) is 18.3 Å². The van der Waals surface area contributed by atoms with E-state index in [2.05, 4.69) is 22.1 Å². The lowest BCUT2D eigenvalue weighted by atomic mass is 10.2. The van der Waals surface area contributed by atoms with Gasteiger partial charge >= 0.3 is 0 Å². The predicted molar refractivity (Wildman–Crippen MR) is 52.5 cm³/mol. The summed E-state index contributed by atoms with van der Waals surface area (Å²) < 4.78 is 0. The average Bonchev–Trinajstić information content (AvgIpc) is 2.14. The van der Waals surface area contributed by atoms with Gasteiger partial charge in [-0.05, 0) is 12.1 Å². The number of hydrogen-bond acceptors (Lipinski definition) is 3. The van der Waals surface area contributed by atoms with Crippen molar-refractivity contribution in [1.29, 1.82) is 0 Å². The van der Waals surface area contributed by atoms with Crippen molar-refractivity contribution in [3.63, 3.8) is 0 Å². The molecule has 0 spiro atoms. The number of rotatable bonds is 1. The van der Waals surface area contributed by atoms with Crippen molar-refractivity contribution in [2.24, 2.45) is 0 Å². The molecule has 0 radical (unpaired) electrons. The molecule has 14 heavy (non-hydrogen) atoms. The molecule has 0 atom stereocenters. The molecule has 0 saturated carbocycles. The van der Waals surface area contributed by atoms with Crippen molar-refractivity contribution in [2.75, 3.05) is 11.9 Å². The zero-order valence-electron chi connectivity index (χ0n) is 7.74. The number of aliphatic hydroxyl groups is 1. The van der Waals surface area contributed by atoms with Gasteiger partial charge in [-0.15, -0.1) is 0 Å². The van der Waals surface area contributed by atoms with E-state index < -0.39 is 0 Å². The Bertz CT molecular complexity index is 391. The molecule has 2 N–H and O–H groups in total. The quantitative estimate of drug-likeness (QED) is 0.629. The van der Waals surface area contributed by atoms with Gasteiger partial charge in [-0.3, -0.25) is 4.79 Å². The van der Waals surface area contributed by atoms with Crippen molar-refractivity contribution in [2.45, 2.75) is 6.92 Å². The molecular weight excluding hydrogens is 180 g/mol. The van der Waals surface area contributed by atoms with E-state index >= 15 is 0 Å². The van der Waals surface area contributed by atoms with Crippen LogP contribution in [0.1, 0.15) is 12.5 Å². The Morgan fingerprint density at radius 3 is 3.14 bits per heavy atom. The number of amides is 1. The molecule has 0 fully saturated rings. The van der Waals surface area contributed by atoms with Gasteiger partial charge in [-0.1, -0.05) is 11.8 Å². The van der Waals surface area contributed by atoms with Gasteiger partial charge in [0, 0.05) is 18.7 Å². The third-order valence-corrected chi connectivity index (χ3v) is 1.38. The highest BCUT2D eigenvalue weighted by atomic mass is 16.2. The Morgan fingerprint density at radius 2 is 2.50 bits per heavy atom. The van der Waals surface area contributed by atoms with Crippen LogP contribution in [0.2, 0.25) is 0 Å². The highest BCUT2D eigenvalue weighted by Gasteiger charge is 1.96. The molecule has 0 aliphatic carbocycles. The van der Waals surface area contributed by atoms with Gasteiger partial charge in [-0.25, -0.2) is 4.98 Å². The Kier molecular flexibility index (Phi) is 3.65. The number of anilines is 1. The van der Waals surface area contributed by atoms with Gasteiger partial charge in [0.15, 0.2) is 0 Å². The normalized spacial score (nSPS) is 8.71. The van der Waals surface area contributed by atoms with Crippen LogP contribution < -0.4 is 5.32 Å². The van der Waals surface area contributed by atoms with E-state index in [9.17, 15) is 4.79 Å². The standard InChI is InChI=1S/C10H10N2O2/c1-8(14)12-10-7-9(3-2-6-13)4-5-11-10/h4-5,7,13H,6H2,1H3,(H,11,12,14). The Balaban J connectivity index is 2.84. The monoisotopic (exact) mass is 190 g/mol. The predicted octanol–water partition coefficient (Wildman–Crippen LogP) is 0.384. The first-order valence-corrected chi connectivity index (χ1v) is 4.06. The molecule has 0 aliphatic rings. The van der Waals surface area contributed by atoms with Crippen LogP contribution in [-0.4, -0.2) is 22.6 Å². The third kappa shape index (κ3) is 3.25. The highest BCUT2D eigenvalue weighted by Crippen LogP contribution is 2.04. The summed E-state index contributed by atoms with van der Waals surface area (Å²) in [5, 5.41) is 11.0. The number of carbonyl (C=O) groups is 1. The van der Waals surface area contributed by atoms with Gasteiger partial charge in [0.2, 0.25) is 5.91 Å². The summed E-state index contributed by atoms with van der Waals surface area (Å²) in [5.41, 5.74) is 0.706. The SMILES string of the molecule is CC(=O)Nc1cc(C#CCO)ccn1. The molecule has 1 aromatic rings. The van der Waals surface area contributed by atoms with Crippen LogP contribution in [0.3, 0.4) is 0 Å². The second-order valence-electron chi connectivity index (χ2n) is 2.57. The fourth-order valence-corrected chi connectivity index (χ4v) is 0.899. The molecule has 1 aromatic heterocycles. The first kappa shape index (κ1) is 10.2. The lowest BCUT2D eigenvalue weighted by Gasteiger charge is -1.99. The van der Waals surface area contributed by atoms with Gasteiger partial charge in [-0.2, -0.15) is 0 Å². The summed E-state index contributed by atoms with van der Waals surface area (Å²) in [6, 6.07) is 3.35. The van der Waals surface area contributed by atoms with Crippen LogP contribution in [0.15, 0.2) is 18.3 Å². The first-order chi connectivity index (χ1) is 6.72. The zero-order valence-corrected chi connectivity index (χ0v) is 7.74. The van der Waals surface area contributed by atoms with Crippen LogP contribution in [0.5, 0.6) is 0 Å². The van der Waals surface area contributed by atoms with Crippen LogP contribution in [0.25, 0.3) is 0 Å². The summed E-state index contributed by atoms with van der Waals surface area (Å²) in [7, 11) is 0. The van der Waals surface area contributed by atoms with Crippen molar-refractivity contribution in [3.05, 3.63) is 23.9 Å². The fourth-order valence-electron chi connectivity index (χ4n) is 0.899. The number of pyridine rings is 1. The van der Waals surface area contributed by atoms with Crippen molar-refractivity contribution in [1.82, 2.24) is 4.98 Å². The van der Waals surface area contributed by atoms with E-state index in [-0.39, 0.29) is 12.5 Å². The molecule has 4 heteroatoms. The first-order valence-electron chi connectivity index (χ1n) is 4.06. The second kappa shape index (κ2) is 5.00. The van der Waals surface area contributed by atoms with E-state index in [0.717, 1.165) is 0 Å². The van der Waals surface area contributed by atoms with E-state index in [4.69, 9.17) is 5.11 Å². The molecule has 0 bridgehead atoms. The van der Waals surface area contributed by atoms with Gasteiger partial charge in [0.25, 0.3) is 0 Å². The molecule has 0 aliphatic heterocycles. The highest BCUT2D eigenvalue weighted by molar-refractivity contribution is 5.87. The topological polar surface area (TPSA) is 62.2 Å². The van der Waals surface area contributed by atoms with E-state index in [1.165, 1.54) is 6.92 Å². The number of nitrogens with zero attached hydrogens (tertiary/aromatic N) is 1. The summed E-state index contributed by atoms with van der Waals surface area (Å²) in [6.07, 6.45) is 1.55. The van der Waals surface area contributed by atoms with Gasteiger partial charge in [0.05, 0.1) is 0 Å². The van der Waals surface area contributed by atoms with E-state index in [1.807, 2.05) is 0 Å². The number of carbonyl (C=O) groups excluding carboxylic acids is 1. The minimum atomic E-state index is -0.183. The molecule has 0 saturated heterocycles. The molecular formula is C10H10N2O2. The summed E-state index contributed by atoms with van der Waals surface area (Å²) >= 11 is 0. The minimum absolute atomic E-state index is 0.176. The second-order valence-corrected chi connectivity index (χ2v) is 2.57. The van der Waals surface area contributed by atoms with Crippen molar-refractivity contribution in [3.8, 4) is 11.8 Å². The minimum Gasteiger partial charge on any atom is -0.384 e. The van der Waals surface area contributed by atoms with Gasteiger partial charge in [0.1, 0.15) is 12.4 Å². The maximum Gasteiger partial charge on any atom is 0.222 e. The molecule has 0 aromatic carbocycles. The molecule has 1 amide bonds. The zero-order chi connectivity index (χ0) is 10.4. The van der Waals surface area contributed by atoms with Crippen molar-refractivity contribution >= 4 is 11.7 Å². The Hall–Kier alpha value is -1.86. The molecule has 1 rings (SSSR count). The number of nitrogens with one attached hydrogen (secondary N) is 1. The summed E-state index contributed by atoms with van der Waals surface area (Å²) in [6.45, 7) is 1.23. The largest absolute Gasteiger partial charge is 0.384 e. The Labute approximate surface area is 82.0 Å². The number of aromatic nitrogens is 1. The van der Waals surface area contributed by atoms with E-state index in [0.29, 0.717) is 11.4 Å². The van der Waals surface area contributed by atoms with Crippen LogP contribution in [-0.2, 0) is 4.79 Å². The maximum atomic E-state index is 10.7. The molecule has 0 unspecified atom stereocenters. The Morgan fingerprint density at radius 1 is 1.71 bits per heavy atom. The summed E-state index contributed by atoms with van der Waals surface area (Å²) in [5.74, 6) is 5.51. The van der Waals surface area contributed by atoms with Crippen molar-refractivity contribution < 1.29 is 9.90 Å². The molecule has 1 heterocycles. The molecule has 4 nitrogen and oxygen atoms in total. The smallest absolute Gasteiger partial charge is 0.222 e. The van der Waals surface area contributed by atoms with Crippen LogP contribution in [0, 0.1) is 11.8 Å². The average molecular weight is 190 g/mol. The van der Waals surface area contributed by atoms with Crippen LogP contribution in [0.4, 0.5) is 5.82 Å². The lowest BCUT2D eigenvalue weighted by Crippen LogP contribution is -2.07. The molecule has 72 valence electrons. The summed E-state index contributed by atoms with van der Waals surface area (Å²) in [4.78, 5) is 14.6.